The van der Waals surface area contributed by atoms with Gasteiger partial charge in [-0.25, -0.2) is 0 Å². The Kier molecular flexibility index (Phi) is 6.06. The van der Waals surface area contributed by atoms with E-state index in [1.165, 1.54) is 18.2 Å². The van der Waals surface area contributed by atoms with Crippen LogP contribution in [0.4, 0.5) is 8.78 Å². The van der Waals surface area contributed by atoms with Crippen molar-refractivity contribution >= 4 is 12.0 Å². The van der Waals surface area contributed by atoms with Crippen LogP contribution in [0.2, 0.25) is 0 Å². The fourth-order valence-corrected chi connectivity index (χ4v) is 3.28. The first kappa shape index (κ1) is 18.9. The average Bonchev–Trinajstić information content (AvgIpc) is 3.16. The van der Waals surface area contributed by atoms with Crippen LogP contribution < -0.4 is 9.47 Å². The number of amides is 1. The summed E-state index contributed by atoms with van der Waals surface area (Å²) in [5.74, 6) is 0.662. The van der Waals surface area contributed by atoms with E-state index < -0.39 is 6.61 Å². The molecule has 1 aliphatic heterocycles. The topological polar surface area (TPSA) is 38.8 Å². The number of nitrogens with zero attached hydrogens (tertiary/aromatic N) is 1. The van der Waals surface area contributed by atoms with Crippen molar-refractivity contribution in [2.45, 2.75) is 25.5 Å². The first-order valence-electron chi connectivity index (χ1n) is 8.75. The third kappa shape index (κ3) is 4.64. The van der Waals surface area contributed by atoms with Gasteiger partial charge in [0, 0.05) is 18.2 Å². The molecule has 0 saturated carbocycles. The summed E-state index contributed by atoms with van der Waals surface area (Å²) in [5, 5.41) is 0. The van der Waals surface area contributed by atoms with Crippen LogP contribution in [0, 0.1) is 0 Å². The van der Waals surface area contributed by atoms with Crippen LogP contribution in [0.25, 0.3) is 6.08 Å². The molecule has 0 N–H and O–H groups in total. The number of rotatable bonds is 6. The molecule has 0 radical (unpaired) electrons. The van der Waals surface area contributed by atoms with Crippen molar-refractivity contribution in [1.82, 2.24) is 4.90 Å². The monoisotopic (exact) mass is 373 g/mol. The number of likely N-dealkylation sites (tertiary alicyclic amines) is 1. The second-order valence-corrected chi connectivity index (χ2v) is 6.21. The number of hydrogen-bond donors (Lipinski definition) is 0. The molecule has 1 saturated heterocycles. The molecule has 0 aromatic heterocycles. The fraction of sp³-hybridized carbons (Fsp3) is 0.286. The molecule has 0 aliphatic carbocycles. The average molecular weight is 373 g/mol. The van der Waals surface area contributed by atoms with Crippen molar-refractivity contribution in [2.24, 2.45) is 0 Å². The summed E-state index contributed by atoms with van der Waals surface area (Å²) >= 11 is 0. The number of para-hydroxylation sites is 1. The van der Waals surface area contributed by atoms with E-state index >= 15 is 0 Å². The highest BCUT2D eigenvalue weighted by Crippen LogP contribution is 2.33. The van der Waals surface area contributed by atoms with E-state index in [-0.39, 0.29) is 17.7 Å². The van der Waals surface area contributed by atoms with Crippen molar-refractivity contribution in [3.63, 3.8) is 0 Å². The van der Waals surface area contributed by atoms with Crippen LogP contribution in [-0.2, 0) is 4.79 Å². The minimum Gasteiger partial charge on any atom is -0.497 e. The quantitative estimate of drug-likeness (QED) is 0.691. The Morgan fingerprint density at radius 1 is 1.19 bits per heavy atom. The Labute approximate surface area is 157 Å². The van der Waals surface area contributed by atoms with Gasteiger partial charge >= 0.3 is 6.61 Å². The van der Waals surface area contributed by atoms with Gasteiger partial charge in [-0.15, -0.1) is 0 Å². The van der Waals surface area contributed by atoms with Gasteiger partial charge < -0.3 is 14.4 Å². The van der Waals surface area contributed by atoms with E-state index in [0.29, 0.717) is 12.1 Å². The van der Waals surface area contributed by atoms with Gasteiger partial charge in [0.15, 0.2) is 0 Å². The van der Waals surface area contributed by atoms with E-state index in [4.69, 9.17) is 4.74 Å². The number of ether oxygens (including phenoxy) is 2. The molecule has 6 heteroatoms. The summed E-state index contributed by atoms with van der Waals surface area (Å²) < 4.78 is 34.7. The SMILES string of the molecule is COc1ccc([C@@H]2CCCN2C(=O)/C=C/c2ccccc2OC(F)F)cc1. The highest BCUT2D eigenvalue weighted by Gasteiger charge is 2.28. The second-order valence-electron chi connectivity index (χ2n) is 6.21. The van der Waals surface area contributed by atoms with Crippen LogP contribution in [0.3, 0.4) is 0 Å². The number of carbonyl (C=O) groups excluding carboxylic acids is 1. The molecule has 1 aliphatic rings. The smallest absolute Gasteiger partial charge is 0.387 e. The molecular weight excluding hydrogens is 352 g/mol. The van der Waals surface area contributed by atoms with E-state index in [1.54, 1.807) is 30.2 Å². The standard InChI is InChI=1S/C21H21F2NO3/c1-26-17-11-8-15(9-12-17)18-6-4-14-24(18)20(25)13-10-16-5-2-3-7-19(16)27-21(22)23/h2-3,5,7-13,18,21H,4,6,14H2,1H3/b13-10+/t18-/m0/s1. The number of alkyl halides is 2. The van der Waals surface area contributed by atoms with Crippen LogP contribution in [-0.4, -0.2) is 31.1 Å². The molecule has 2 aromatic carbocycles. The van der Waals surface area contributed by atoms with Crippen molar-refractivity contribution in [1.29, 1.82) is 0 Å². The first-order valence-corrected chi connectivity index (χ1v) is 8.75. The van der Waals surface area contributed by atoms with Gasteiger partial charge in [-0.1, -0.05) is 30.3 Å². The van der Waals surface area contributed by atoms with Gasteiger partial charge in [-0.05, 0) is 42.7 Å². The third-order valence-electron chi connectivity index (χ3n) is 4.58. The number of methoxy groups -OCH3 is 1. The van der Waals surface area contributed by atoms with E-state index in [2.05, 4.69) is 4.74 Å². The molecule has 1 fully saturated rings. The highest BCUT2D eigenvalue weighted by atomic mass is 19.3. The highest BCUT2D eigenvalue weighted by molar-refractivity contribution is 5.92. The summed E-state index contributed by atoms with van der Waals surface area (Å²) in [6.45, 7) is -2.25. The summed E-state index contributed by atoms with van der Waals surface area (Å²) in [5.41, 5.74) is 1.49. The van der Waals surface area contributed by atoms with E-state index in [9.17, 15) is 13.6 Å². The van der Waals surface area contributed by atoms with Crippen molar-refractivity contribution in [2.75, 3.05) is 13.7 Å². The zero-order chi connectivity index (χ0) is 19.2. The molecule has 0 spiro atoms. The molecule has 0 bridgehead atoms. The Bertz CT molecular complexity index is 805. The Morgan fingerprint density at radius 3 is 2.63 bits per heavy atom. The molecule has 1 atom stereocenters. The summed E-state index contributed by atoms with van der Waals surface area (Å²) in [7, 11) is 1.61. The van der Waals surface area contributed by atoms with Crippen molar-refractivity contribution < 1.29 is 23.0 Å². The molecular formula is C21H21F2NO3. The second kappa shape index (κ2) is 8.66. The molecule has 4 nitrogen and oxygen atoms in total. The summed E-state index contributed by atoms with van der Waals surface area (Å²) in [6.07, 6.45) is 4.73. The zero-order valence-corrected chi connectivity index (χ0v) is 15.0. The Hall–Kier alpha value is -2.89. The normalized spacial score (nSPS) is 16.9. The molecule has 1 amide bonds. The van der Waals surface area contributed by atoms with Crippen molar-refractivity contribution in [3.05, 3.63) is 65.7 Å². The van der Waals surface area contributed by atoms with Crippen LogP contribution in [0.5, 0.6) is 11.5 Å². The Balaban J connectivity index is 1.74. The lowest BCUT2D eigenvalue weighted by atomic mass is 10.0. The lowest BCUT2D eigenvalue weighted by Crippen LogP contribution is -2.28. The summed E-state index contributed by atoms with van der Waals surface area (Å²) in [6, 6.07) is 14.1. The largest absolute Gasteiger partial charge is 0.497 e. The molecule has 27 heavy (non-hydrogen) atoms. The lowest BCUT2D eigenvalue weighted by molar-refractivity contribution is -0.126. The van der Waals surface area contributed by atoms with Crippen LogP contribution >= 0.6 is 0 Å². The lowest BCUT2D eigenvalue weighted by Gasteiger charge is -2.24. The maximum absolute atomic E-state index is 12.7. The van der Waals surface area contributed by atoms with Crippen LogP contribution in [0.15, 0.2) is 54.6 Å². The third-order valence-corrected chi connectivity index (χ3v) is 4.58. The number of halogens is 2. The molecule has 142 valence electrons. The van der Waals surface area contributed by atoms with Crippen LogP contribution in [0.1, 0.15) is 30.0 Å². The minimum absolute atomic E-state index is 0.000568. The van der Waals surface area contributed by atoms with Gasteiger partial charge in [-0.3, -0.25) is 4.79 Å². The predicted octanol–water partition coefficient (Wildman–Crippen LogP) is 4.67. The molecule has 2 aromatic rings. The number of carbonyl (C=O) groups is 1. The number of benzene rings is 2. The fourth-order valence-electron chi connectivity index (χ4n) is 3.28. The summed E-state index contributed by atoms with van der Waals surface area (Å²) in [4.78, 5) is 14.5. The maximum Gasteiger partial charge on any atom is 0.387 e. The molecule has 1 heterocycles. The minimum atomic E-state index is -2.91. The maximum atomic E-state index is 12.7. The van der Waals surface area contributed by atoms with Gasteiger partial charge in [0.25, 0.3) is 0 Å². The first-order chi connectivity index (χ1) is 13.1. The predicted molar refractivity (Wildman–Crippen MR) is 98.8 cm³/mol. The van der Waals surface area contributed by atoms with Gasteiger partial charge in [0.1, 0.15) is 11.5 Å². The zero-order valence-electron chi connectivity index (χ0n) is 15.0. The van der Waals surface area contributed by atoms with Gasteiger partial charge in [0.2, 0.25) is 5.91 Å². The van der Waals surface area contributed by atoms with Gasteiger partial charge in [-0.2, -0.15) is 8.78 Å². The molecule has 0 unspecified atom stereocenters. The van der Waals surface area contributed by atoms with E-state index in [1.807, 2.05) is 24.3 Å². The van der Waals surface area contributed by atoms with Gasteiger partial charge in [0.05, 0.1) is 13.2 Å². The number of hydrogen-bond acceptors (Lipinski definition) is 3. The molecule has 3 rings (SSSR count). The van der Waals surface area contributed by atoms with Crippen molar-refractivity contribution in [3.8, 4) is 11.5 Å². The van der Waals surface area contributed by atoms with E-state index in [0.717, 1.165) is 24.2 Å². The Morgan fingerprint density at radius 2 is 1.93 bits per heavy atom.